The Balaban J connectivity index is 2.56. The zero-order valence-electron chi connectivity index (χ0n) is 8.99. The molecule has 0 fully saturated rings. The van der Waals surface area contributed by atoms with Crippen LogP contribution in [-0.4, -0.2) is 35.4 Å². The van der Waals surface area contributed by atoms with Gasteiger partial charge in [0.1, 0.15) is 0 Å². The zero-order valence-corrected chi connectivity index (χ0v) is 10.5. The molecule has 0 saturated heterocycles. The SMILES string of the molecule is O=C(Cc1c(Cl)cccc1Cl)NCC(O)CO. The third-order valence-corrected chi connectivity index (χ3v) is 2.85. The summed E-state index contributed by atoms with van der Waals surface area (Å²) in [4.78, 5) is 11.5. The van der Waals surface area contributed by atoms with E-state index in [9.17, 15) is 4.79 Å². The molecule has 0 heterocycles. The Kier molecular flexibility index (Phi) is 5.71. The molecule has 94 valence electrons. The molecule has 0 aliphatic heterocycles. The van der Waals surface area contributed by atoms with Gasteiger partial charge in [-0.3, -0.25) is 4.79 Å². The molecule has 17 heavy (non-hydrogen) atoms. The van der Waals surface area contributed by atoms with Crippen molar-refractivity contribution < 1.29 is 15.0 Å². The lowest BCUT2D eigenvalue weighted by atomic mass is 10.1. The predicted molar refractivity (Wildman–Crippen MR) is 66.3 cm³/mol. The van der Waals surface area contributed by atoms with Gasteiger partial charge in [-0.2, -0.15) is 0 Å². The lowest BCUT2D eigenvalue weighted by Crippen LogP contribution is -2.34. The Morgan fingerprint density at radius 3 is 2.47 bits per heavy atom. The number of hydrogen-bond donors (Lipinski definition) is 3. The van der Waals surface area contributed by atoms with Gasteiger partial charge in [0.15, 0.2) is 0 Å². The molecule has 1 atom stereocenters. The summed E-state index contributed by atoms with van der Waals surface area (Å²) in [5, 5.41) is 21.0. The smallest absolute Gasteiger partial charge is 0.224 e. The molecule has 0 aromatic heterocycles. The number of rotatable bonds is 5. The minimum Gasteiger partial charge on any atom is -0.394 e. The number of aliphatic hydroxyl groups excluding tert-OH is 2. The standard InChI is InChI=1S/C11H13Cl2NO3/c12-9-2-1-3-10(13)8(9)4-11(17)14-5-7(16)6-15/h1-3,7,15-16H,4-6H2,(H,14,17). The molecule has 1 unspecified atom stereocenters. The molecule has 6 heteroatoms. The summed E-state index contributed by atoms with van der Waals surface area (Å²) in [6, 6.07) is 5.00. The molecule has 0 radical (unpaired) electrons. The molecule has 3 N–H and O–H groups in total. The third kappa shape index (κ3) is 4.52. The largest absolute Gasteiger partial charge is 0.394 e. The monoisotopic (exact) mass is 277 g/mol. The number of hydrogen-bond acceptors (Lipinski definition) is 3. The van der Waals surface area contributed by atoms with E-state index >= 15 is 0 Å². The van der Waals surface area contributed by atoms with Crippen LogP contribution in [0.15, 0.2) is 18.2 Å². The van der Waals surface area contributed by atoms with Gasteiger partial charge in [0.25, 0.3) is 0 Å². The maximum Gasteiger partial charge on any atom is 0.224 e. The Labute approximate surface area is 109 Å². The summed E-state index contributed by atoms with van der Waals surface area (Å²) in [6.45, 7) is -0.398. The molecule has 4 nitrogen and oxygen atoms in total. The highest BCUT2D eigenvalue weighted by atomic mass is 35.5. The fourth-order valence-electron chi connectivity index (χ4n) is 1.22. The summed E-state index contributed by atoms with van der Waals surface area (Å²) in [5.41, 5.74) is 0.548. The van der Waals surface area contributed by atoms with E-state index in [1.807, 2.05) is 0 Å². The van der Waals surface area contributed by atoms with E-state index in [2.05, 4.69) is 5.32 Å². The molecule has 0 spiro atoms. The molecule has 1 rings (SSSR count). The molecular weight excluding hydrogens is 265 g/mol. The second-order valence-electron chi connectivity index (χ2n) is 3.52. The van der Waals surface area contributed by atoms with Gasteiger partial charge in [0, 0.05) is 16.6 Å². The predicted octanol–water partition coefficient (Wildman–Crippen LogP) is 1.01. The highest BCUT2D eigenvalue weighted by Gasteiger charge is 2.11. The van der Waals surface area contributed by atoms with Crippen LogP contribution in [0.2, 0.25) is 10.0 Å². The van der Waals surface area contributed by atoms with E-state index in [0.717, 1.165) is 0 Å². The summed E-state index contributed by atoms with van der Waals surface area (Å²) in [7, 11) is 0. The Morgan fingerprint density at radius 1 is 1.35 bits per heavy atom. The van der Waals surface area contributed by atoms with Gasteiger partial charge in [-0.1, -0.05) is 29.3 Å². The van der Waals surface area contributed by atoms with E-state index < -0.39 is 12.7 Å². The number of aliphatic hydroxyl groups is 2. The van der Waals surface area contributed by atoms with Crippen LogP contribution < -0.4 is 5.32 Å². The van der Waals surface area contributed by atoms with Crippen molar-refractivity contribution in [2.45, 2.75) is 12.5 Å². The van der Waals surface area contributed by atoms with Gasteiger partial charge >= 0.3 is 0 Å². The highest BCUT2D eigenvalue weighted by Crippen LogP contribution is 2.24. The molecule has 1 aromatic rings. The van der Waals surface area contributed by atoms with Crippen molar-refractivity contribution in [3.05, 3.63) is 33.8 Å². The first kappa shape index (κ1) is 14.3. The third-order valence-electron chi connectivity index (χ3n) is 2.14. The van der Waals surface area contributed by atoms with Crippen LogP contribution in [0.1, 0.15) is 5.56 Å². The van der Waals surface area contributed by atoms with E-state index in [1.165, 1.54) is 0 Å². The van der Waals surface area contributed by atoms with Crippen molar-refractivity contribution in [3.63, 3.8) is 0 Å². The average Bonchev–Trinajstić information content (AvgIpc) is 2.31. The summed E-state index contributed by atoms with van der Waals surface area (Å²) in [5.74, 6) is -0.312. The Bertz CT molecular complexity index is 378. The maximum atomic E-state index is 11.5. The number of carbonyl (C=O) groups is 1. The quantitative estimate of drug-likeness (QED) is 0.752. The number of halogens is 2. The Morgan fingerprint density at radius 2 is 1.94 bits per heavy atom. The van der Waals surface area contributed by atoms with Crippen LogP contribution in [0.3, 0.4) is 0 Å². The van der Waals surface area contributed by atoms with Crippen molar-refractivity contribution in [3.8, 4) is 0 Å². The number of carbonyl (C=O) groups excluding carboxylic acids is 1. The Hall–Kier alpha value is -0.810. The first-order chi connectivity index (χ1) is 8.04. The first-order valence-electron chi connectivity index (χ1n) is 5.03. The molecule has 0 bridgehead atoms. The van der Waals surface area contributed by atoms with E-state index in [1.54, 1.807) is 18.2 Å². The normalized spacial score (nSPS) is 12.2. The van der Waals surface area contributed by atoms with Gasteiger partial charge in [-0.05, 0) is 17.7 Å². The fourth-order valence-corrected chi connectivity index (χ4v) is 1.75. The van der Waals surface area contributed by atoms with Gasteiger partial charge in [-0.25, -0.2) is 0 Å². The summed E-state index contributed by atoms with van der Waals surface area (Å²) in [6.07, 6.45) is -0.919. The summed E-state index contributed by atoms with van der Waals surface area (Å²) >= 11 is 11.8. The van der Waals surface area contributed by atoms with Crippen LogP contribution in [0, 0.1) is 0 Å². The van der Waals surface area contributed by atoms with Crippen molar-refractivity contribution in [2.75, 3.05) is 13.2 Å². The molecule has 0 saturated carbocycles. The van der Waals surface area contributed by atoms with Crippen LogP contribution in [-0.2, 0) is 11.2 Å². The van der Waals surface area contributed by atoms with Crippen molar-refractivity contribution in [2.24, 2.45) is 0 Å². The van der Waals surface area contributed by atoms with Gasteiger partial charge < -0.3 is 15.5 Å². The van der Waals surface area contributed by atoms with Gasteiger partial charge in [0.2, 0.25) is 5.91 Å². The molecule has 0 aliphatic rings. The van der Waals surface area contributed by atoms with E-state index in [-0.39, 0.29) is 18.9 Å². The zero-order chi connectivity index (χ0) is 12.8. The minimum absolute atomic E-state index is 0.00257. The van der Waals surface area contributed by atoms with Crippen molar-refractivity contribution in [1.29, 1.82) is 0 Å². The van der Waals surface area contributed by atoms with Crippen LogP contribution in [0.5, 0.6) is 0 Å². The van der Waals surface area contributed by atoms with Crippen LogP contribution in [0.25, 0.3) is 0 Å². The second-order valence-corrected chi connectivity index (χ2v) is 4.33. The lowest BCUT2D eigenvalue weighted by molar-refractivity contribution is -0.121. The molecule has 0 aliphatic carbocycles. The maximum absolute atomic E-state index is 11.5. The second kappa shape index (κ2) is 6.81. The molecule has 1 amide bonds. The van der Waals surface area contributed by atoms with E-state index in [4.69, 9.17) is 33.4 Å². The van der Waals surface area contributed by atoms with Gasteiger partial charge in [0.05, 0.1) is 19.1 Å². The number of amides is 1. The lowest BCUT2D eigenvalue weighted by Gasteiger charge is -2.10. The van der Waals surface area contributed by atoms with Crippen molar-refractivity contribution >= 4 is 29.1 Å². The minimum atomic E-state index is -0.958. The van der Waals surface area contributed by atoms with Crippen LogP contribution >= 0.6 is 23.2 Å². The molecule has 1 aromatic carbocycles. The van der Waals surface area contributed by atoms with Crippen molar-refractivity contribution in [1.82, 2.24) is 5.32 Å². The van der Waals surface area contributed by atoms with E-state index in [0.29, 0.717) is 15.6 Å². The number of benzene rings is 1. The highest BCUT2D eigenvalue weighted by molar-refractivity contribution is 6.36. The van der Waals surface area contributed by atoms with Crippen LogP contribution in [0.4, 0.5) is 0 Å². The average molecular weight is 278 g/mol. The molecular formula is C11H13Cl2NO3. The topological polar surface area (TPSA) is 69.6 Å². The fraction of sp³-hybridized carbons (Fsp3) is 0.364. The summed E-state index contributed by atoms with van der Waals surface area (Å²) < 4.78 is 0. The van der Waals surface area contributed by atoms with Gasteiger partial charge in [-0.15, -0.1) is 0 Å². The number of nitrogens with one attached hydrogen (secondary N) is 1. The first-order valence-corrected chi connectivity index (χ1v) is 5.78.